The number of aromatic nitrogens is 2. The van der Waals surface area contributed by atoms with Gasteiger partial charge in [-0.2, -0.15) is 0 Å². The first-order valence-electron chi connectivity index (χ1n) is 5.67. The third-order valence-electron chi connectivity index (χ3n) is 2.00. The Bertz CT molecular complexity index is 349. The molecule has 0 saturated carbocycles. The van der Waals surface area contributed by atoms with Crippen LogP contribution in [0.4, 0.5) is 5.82 Å². The van der Waals surface area contributed by atoms with Crippen LogP contribution in [0, 0.1) is 6.92 Å². The molecule has 0 aliphatic carbocycles. The van der Waals surface area contributed by atoms with E-state index in [9.17, 15) is 5.11 Å². The lowest BCUT2D eigenvalue weighted by molar-refractivity contribution is 0.113. The Morgan fingerprint density at radius 1 is 1.47 bits per heavy atom. The van der Waals surface area contributed by atoms with Crippen molar-refractivity contribution in [3.63, 3.8) is 0 Å². The number of thioether (sulfide) groups is 1. The van der Waals surface area contributed by atoms with E-state index in [1.807, 2.05) is 13.0 Å². The summed E-state index contributed by atoms with van der Waals surface area (Å²) < 4.78 is 0. The fraction of sp³-hybridized carbons (Fsp3) is 0.636. The normalized spacial score (nSPS) is 12.5. The van der Waals surface area contributed by atoms with Crippen molar-refractivity contribution < 1.29 is 10.2 Å². The van der Waals surface area contributed by atoms with Crippen LogP contribution in [0.25, 0.3) is 0 Å². The zero-order valence-electron chi connectivity index (χ0n) is 10.2. The Morgan fingerprint density at radius 3 is 2.88 bits per heavy atom. The summed E-state index contributed by atoms with van der Waals surface area (Å²) in [5.74, 6) is 1.94. The maximum absolute atomic E-state index is 9.27. The molecule has 1 atom stereocenters. The Kier molecular flexibility index (Phi) is 6.25. The second kappa shape index (κ2) is 7.47. The van der Waals surface area contributed by atoms with Gasteiger partial charge in [-0.15, -0.1) is 11.8 Å². The van der Waals surface area contributed by atoms with Crippen molar-refractivity contribution in [2.24, 2.45) is 0 Å². The topological polar surface area (TPSA) is 78.3 Å². The molecule has 1 rings (SSSR count). The molecule has 1 unspecified atom stereocenters. The zero-order chi connectivity index (χ0) is 12.7. The third-order valence-corrected chi connectivity index (χ3v) is 3.06. The second-order valence-corrected chi connectivity index (χ2v) is 4.75. The average Bonchev–Trinajstić information content (AvgIpc) is 2.32. The molecule has 0 aliphatic rings. The maximum Gasteiger partial charge on any atom is 0.130 e. The Hall–Kier alpha value is -0.850. The van der Waals surface area contributed by atoms with E-state index in [2.05, 4.69) is 22.2 Å². The minimum absolute atomic E-state index is 0.224. The molecule has 1 aromatic heterocycles. The summed E-state index contributed by atoms with van der Waals surface area (Å²) in [7, 11) is 0. The first-order chi connectivity index (χ1) is 8.15. The van der Waals surface area contributed by atoms with E-state index >= 15 is 0 Å². The molecule has 0 radical (unpaired) electrons. The molecule has 0 amide bonds. The number of anilines is 1. The molecule has 0 bridgehead atoms. The first kappa shape index (κ1) is 14.2. The minimum atomic E-state index is -0.706. The van der Waals surface area contributed by atoms with Gasteiger partial charge >= 0.3 is 0 Å². The number of rotatable bonds is 7. The zero-order valence-corrected chi connectivity index (χ0v) is 11.0. The van der Waals surface area contributed by atoms with Gasteiger partial charge in [0.05, 0.1) is 12.7 Å². The van der Waals surface area contributed by atoms with E-state index in [0.717, 1.165) is 23.8 Å². The standard InChI is InChI=1S/C11H19N3O2S/c1-3-4-12-10-5-11(14-8(2)13-10)17-7-9(16)6-15/h5,9,15-16H,3-4,6-7H2,1-2H3,(H,12,13,14). The van der Waals surface area contributed by atoms with Crippen molar-refractivity contribution >= 4 is 17.6 Å². The largest absolute Gasteiger partial charge is 0.394 e. The van der Waals surface area contributed by atoms with E-state index < -0.39 is 6.10 Å². The van der Waals surface area contributed by atoms with Gasteiger partial charge in [-0.3, -0.25) is 0 Å². The number of nitrogens with one attached hydrogen (secondary N) is 1. The lowest BCUT2D eigenvalue weighted by Crippen LogP contribution is -2.14. The highest BCUT2D eigenvalue weighted by Gasteiger charge is 2.06. The number of aryl methyl sites for hydroxylation is 1. The van der Waals surface area contributed by atoms with Crippen LogP contribution < -0.4 is 5.32 Å². The minimum Gasteiger partial charge on any atom is -0.394 e. The van der Waals surface area contributed by atoms with E-state index in [0.29, 0.717) is 11.6 Å². The van der Waals surface area contributed by atoms with E-state index in [1.54, 1.807) is 0 Å². The molecule has 6 heteroatoms. The van der Waals surface area contributed by atoms with Crippen molar-refractivity contribution in [1.82, 2.24) is 9.97 Å². The van der Waals surface area contributed by atoms with Crippen molar-refractivity contribution in [3.05, 3.63) is 11.9 Å². The van der Waals surface area contributed by atoms with Crippen LogP contribution in [0.3, 0.4) is 0 Å². The highest BCUT2D eigenvalue weighted by Crippen LogP contribution is 2.19. The van der Waals surface area contributed by atoms with Gasteiger partial charge in [0.1, 0.15) is 16.7 Å². The van der Waals surface area contributed by atoms with E-state index in [1.165, 1.54) is 11.8 Å². The van der Waals surface area contributed by atoms with Gasteiger partial charge in [-0.05, 0) is 13.3 Å². The third kappa shape index (κ3) is 5.34. The second-order valence-electron chi connectivity index (χ2n) is 3.71. The summed E-state index contributed by atoms with van der Waals surface area (Å²) in [6, 6.07) is 1.86. The van der Waals surface area contributed by atoms with Gasteiger partial charge in [0.25, 0.3) is 0 Å². The molecule has 0 aliphatic heterocycles. The molecule has 17 heavy (non-hydrogen) atoms. The van der Waals surface area contributed by atoms with Crippen molar-refractivity contribution in [2.75, 3.05) is 24.2 Å². The fourth-order valence-electron chi connectivity index (χ4n) is 1.19. The van der Waals surface area contributed by atoms with Crippen LogP contribution in [0.1, 0.15) is 19.2 Å². The highest BCUT2D eigenvalue weighted by molar-refractivity contribution is 7.99. The summed E-state index contributed by atoms with van der Waals surface area (Å²) in [6.45, 7) is 4.58. The molecule has 0 aromatic carbocycles. The Morgan fingerprint density at radius 2 is 2.24 bits per heavy atom. The molecule has 1 heterocycles. The molecule has 96 valence electrons. The van der Waals surface area contributed by atoms with Gasteiger partial charge in [0.2, 0.25) is 0 Å². The monoisotopic (exact) mass is 257 g/mol. The predicted octanol–water partition coefficient (Wildman–Crippen LogP) is 1.05. The van der Waals surface area contributed by atoms with Gasteiger partial charge < -0.3 is 15.5 Å². The smallest absolute Gasteiger partial charge is 0.130 e. The fourth-order valence-corrected chi connectivity index (χ4v) is 2.05. The van der Waals surface area contributed by atoms with Gasteiger partial charge in [0.15, 0.2) is 0 Å². The predicted molar refractivity (Wildman–Crippen MR) is 69.4 cm³/mol. The van der Waals surface area contributed by atoms with Crippen LogP contribution in [-0.4, -0.2) is 45.2 Å². The molecule has 5 nitrogen and oxygen atoms in total. The molecule has 0 spiro atoms. The number of hydrogen-bond donors (Lipinski definition) is 3. The molecule has 1 aromatic rings. The molecule has 0 saturated heterocycles. The van der Waals surface area contributed by atoms with Crippen LogP contribution in [-0.2, 0) is 0 Å². The van der Waals surface area contributed by atoms with Crippen LogP contribution in [0.5, 0.6) is 0 Å². The van der Waals surface area contributed by atoms with Gasteiger partial charge in [-0.1, -0.05) is 6.92 Å². The first-order valence-corrected chi connectivity index (χ1v) is 6.65. The number of aliphatic hydroxyl groups excluding tert-OH is 2. The Balaban J connectivity index is 2.61. The molecular formula is C11H19N3O2S. The summed E-state index contributed by atoms with van der Waals surface area (Å²) >= 11 is 1.41. The maximum atomic E-state index is 9.27. The van der Waals surface area contributed by atoms with Crippen molar-refractivity contribution in [3.8, 4) is 0 Å². The van der Waals surface area contributed by atoms with E-state index in [-0.39, 0.29) is 6.61 Å². The summed E-state index contributed by atoms with van der Waals surface area (Å²) in [5, 5.41) is 22.0. The average molecular weight is 257 g/mol. The SMILES string of the molecule is CCCNc1cc(SCC(O)CO)nc(C)n1. The van der Waals surface area contributed by atoms with Crippen molar-refractivity contribution in [1.29, 1.82) is 0 Å². The quantitative estimate of drug-likeness (QED) is 0.500. The van der Waals surface area contributed by atoms with Crippen LogP contribution >= 0.6 is 11.8 Å². The highest BCUT2D eigenvalue weighted by atomic mass is 32.2. The van der Waals surface area contributed by atoms with Gasteiger partial charge in [0, 0.05) is 18.4 Å². The lowest BCUT2D eigenvalue weighted by Gasteiger charge is -2.09. The lowest BCUT2D eigenvalue weighted by atomic mass is 10.4. The van der Waals surface area contributed by atoms with Crippen LogP contribution in [0.2, 0.25) is 0 Å². The molecule has 3 N–H and O–H groups in total. The summed E-state index contributed by atoms with van der Waals surface area (Å²) in [5.41, 5.74) is 0. The molecule has 0 fully saturated rings. The summed E-state index contributed by atoms with van der Waals surface area (Å²) in [4.78, 5) is 8.54. The number of aliphatic hydroxyl groups is 2. The van der Waals surface area contributed by atoms with Gasteiger partial charge in [-0.25, -0.2) is 9.97 Å². The number of hydrogen-bond acceptors (Lipinski definition) is 6. The van der Waals surface area contributed by atoms with E-state index in [4.69, 9.17) is 5.11 Å². The van der Waals surface area contributed by atoms with Crippen molar-refractivity contribution in [2.45, 2.75) is 31.4 Å². The molecular weight excluding hydrogens is 238 g/mol. The number of nitrogens with zero attached hydrogens (tertiary/aromatic N) is 2. The Labute approximate surface area is 106 Å². The van der Waals surface area contributed by atoms with Crippen LogP contribution in [0.15, 0.2) is 11.1 Å². The summed E-state index contributed by atoms with van der Waals surface area (Å²) in [6.07, 6.45) is 0.330.